The van der Waals surface area contributed by atoms with E-state index in [1.165, 1.54) is 18.2 Å². The maximum absolute atomic E-state index is 10.6. The lowest BCUT2D eigenvalue weighted by Crippen LogP contribution is -1.90. The van der Waals surface area contributed by atoms with Crippen LogP contribution in [0.15, 0.2) is 40.9 Å². The molecule has 2 aromatic rings. The molecule has 0 aliphatic carbocycles. The van der Waals surface area contributed by atoms with Crippen molar-refractivity contribution in [2.45, 2.75) is 6.92 Å². The molecule has 98 valence electrons. The molecule has 0 atom stereocenters. The first-order chi connectivity index (χ1) is 8.97. The van der Waals surface area contributed by atoms with E-state index in [0.717, 1.165) is 10.0 Å². The number of rotatable bonds is 3. The molecule has 0 unspecified atom stereocenters. The summed E-state index contributed by atoms with van der Waals surface area (Å²) in [6.45, 7) is 1.97. The molecule has 0 spiro atoms. The van der Waals surface area contributed by atoms with Gasteiger partial charge in [0.15, 0.2) is 0 Å². The Morgan fingerprint density at radius 3 is 2.47 bits per heavy atom. The second-order valence-corrected chi connectivity index (χ2v) is 5.17. The molecular weight excluding hydrogens is 334 g/mol. The summed E-state index contributed by atoms with van der Waals surface area (Å²) >= 11 is 9.35. The summed E-state index contributed by atoms with van der Waals surface area (Å²) in [5, 5.41) is 10.8. The van der Waals surface area contributed by atoms with E-state index in [0.29, 0.717) is 11.5 Å². The quantitative estimate of drug-likeness (QED) is 0.575. The van der Waals surface area contributed by atoms with Gasteiger partial charge < -0.3 is 4.74 Å². The molecule has 0 radical (unpaired) electrons. The summed E-state index contributed by atoms with van der Waals surface area (Å²) in [6, 6.07) is 9.71. The van der Waals surface area contributed by atoms with Crippen LogP contribution in [0.25, 0.3) is 0 Å². The zero-order valence-corrected chi connectivity index (χ0v) is 12.2. The SMILES string of the molecule is Cc1ccc(Oc2ccc([N+](=O)[O-])cc2Cl)c(Br)c1. The molecule has 0 aliphatic heterocycles. The minimum absolute atomic E-state index is 0.0691. The number of nitrogens with zero attached hydrogens (tertiary/aromatic N) is 1. The third-order valence-corrected chi connectivity index (χ3v) is 3.35. The molecule has 2 rings (SSSR count). The van der Waals surface area contributed by atoms with Gasteiger partial charge in [-0.1, -0.05) is 17.7 Å². The molecule has 2 aromatic carbocycles. The fourth-order valence-corrected chi connectivity index (χ4v) is 2.28. The molecule has 0 heterocycles. The molecule has 0 bridgehead atoms. The molecule has 0 saturated carbocycles. The predicted octanol–water partition coefficient (Wildman–Crippen LogP) is 5.11. The van der Waals surface area contributed by atoms with Crippen LogP contribution >= 0.6 is 27.5 Å². The van der Waals surface area contributed by atoms with E-state index >= 15 is 0 Å². The molecule has 0 N–H and O–H groups in total. The first-order valence-corrected chi connectivity index (χ1v) is 6.52. The number of benzene rings is 2. The highest BCUT2D eigenvalue weighted by atomic mass is 79.9. The lowest BCUT2D eigenvalue weighted by atomic mass is 10.2. The van der Waals surface area contributed by atoms with Gasteiger partial charge in [-0.25, -0.2) is 0 Å². The molecular formula is C13H9BrClNO3. The fourth-order valence-electron chi connectivity index (χ4n) is 1.49. The van der Waals surface area contributed by atoms with Crippen molar-refractivity contribution in [1.82, 2.24) is 0 Å². The second kappa shape index (κ2) is 5.59. The number of nitro benzene ring substituents is 1. The first kappa shape index (κ1) is 13.8. The Labute approximate surface area is 123 Å². The molecule has 0 fully saturated rings. The topological polar surface area (TPSA) is 52.4 Å². The van der Waals surface area contributed by atoms with E-state index in [4.69, 9.17) is 16.3 Å². The van der Waals surface area contributed by atoms with Crippen molar-refractivity contribution in [2.24, 2.45) is 0 Å². The van der Waals surface area contributed by atoms with E-state index in [2.05, 4.69) is 15.9 Å². The average Bonchev–Trinajstić information content (AvgIpc) is 2.34. The largest absolute Gasteiger partial charge is 0.455 e. The molecule has 0 amide bonds. The normalized spacial score (nSPS) is 10.3. The smallest absolute Gasteiger partial charge is 0.271 e. The molecule has 19 heavy (non-hydrogen) atoms. The van der Waals surface area contributed by atoms with Crippen LogP contribution in [0.5, 0.6) is 11.5 Å². The monoisotopic (exact) mass is 341 g/mol. The van der Waals surface area contributed by atoms with Gasteiger partial charge in [0.1, 0.15) is 11.5 Å². The van der Waals surface area contributed by atoms with Gasteiger partial charge in [-0.3, -0.25) is 10.1 Å². The minimum Gasteiger partial charge on any atom is -0.455 e. The predicted molar refractivity (Wildman–Crippen MR) is 77.1 cm³/mol. The van der Waals surface area contributed by atoms with Gasteiger partial charge in [-0.2, -0.15) is 0 Å². The van der Waals surface area contributed by atoms with Crippen LogP contribution in [0.1, 0.15) is 5.56 Å². The van der Waals surface area contributed by atoms with Crippen LogP contribution in [0.4, 0.5) is 5.69 Å². The van der Waals surface area contributed by atoms with Crippen LogP contribution in [-0.2, 0) is 0 Å². The number of non-ortho nitro benzene ring substituents is 1. The number of halogens is 2. The summed E-state index contributed by atoms with van der Waals surface area (Å²) < 4.78 is 6.42. The van der Waals surface area contributed by atoms with Crippen molar-refractivity contribution in [3.05, 3.63) is 61.6 Å². The average molecular weight is 343 g/mol. The van der Waals surface area contributed by atoms with E-state index in [9.17, 15) is 10.1 Å². The summed E-state index contributed by atoms with van der Waals surface area (Å²) in [4.78, 5) is 10.1. The third kappa shape index (κ3) is 3.24. The Kier molecular flexibility index (Phi) is 4.07. The van der Waals surface area contributed by atoms with Crippen molar-refractivity contribution in [3.8, 4) is 11.5 Å². The van der Waals surface area contributed by atoms with Gasteiger partial charge >= 0.3 is 0 Å². The highest BCUT2D eigenvalue weighted by Gasteiger charge is 2.12. The van der Waals surface area contributed by atoms with Crippen molar-refractivity contribution < 1.29 is 9.66 Å². The standard InChI is InChI=1S/C13H9BrClNO3/c1-8-2-4-12(10(14)6-8)19-13-5-3-9(16(17)18)7-11(13)15/h2-7H,1H3. The Balaban J connectivity index is 2.31. The minimum atomic E-state index is -0.503. The highest BCUT2D eigenvalue weighted by molar-refractivity contribution is 9.10. The number of hydrogen-bond donors (Lipinski definition) is 0. The lowest BCUT2D eigenvalue weighted by molar-refractivity contribution is -0.384. The Morgan fingerprint density at radius 2 is 1.89 bits per heavy atom. The van der Waals surface area contributed by atoms with Gasteiger partial charge in [0.2, 0.25) is 0 Å². The number of ether oxygens (including phenoxy) is 1. The van der Waals surface area contributed by atoms with Crippen LogP contribution < -0.4 is 4.74 Å². The van der Waals surface area contributed by atoms with Crippen LogP contribution in [0.2, 0.25) is 5.02 Å². The van der Waals surface area contributed by atoms with Crippen molar-refractivity contribution >= 4 is 33.2 Å². The van der Waals surface area contributed by atoms with Crippen LogP contribution in [0, 0.1) is 17.0 Å². The van der Waals surface area contributed by atoms with Gasteiger partial charge in [0.25, 0.3) is 5.69 Å². The molecule has 0 aliphatic rings. The Morgan fingerprint density at radius 1 is 1.21 bits per heavy atom. The summed E-state index contributed by atoms with van der Waals surface area (Å²) in [5.41, 5.74) is 1.02. The third-order valence-electron chi connectivity index (χ3n) is 2.43. The number of hydrogen-bond acceptors (Lipinski definition) is 3. The van der Waals surface area contributed by atoms with Gasteiger partial charge in [-0.05, 0) is 46.6 Å². The zero-order chi connectivity index (χ0) is 14.0. The van der Waals surface area contributed by atoms with Crippen molar-refractivity contribution in [2.75, 3.05) is 0 Å². The van der Waals surface area contributed by atoms with Gasteiger partial charge in [0.05, 0.1) is 14.4 Å². The molecule has 4 nitrogen and oxygen atoms in total. The molecule has 0 saturated heterocycles. The number of aryl methyl sites for hydroxylation is 1. The maximum Gasteiger partial charge on any atom is 0.271 e. The van der Waals surface area contributed by atoms with Crippen molar-refractivity contribution in [1.29, 1.82) is 0 Å². The molecule has 6 heteroatoms. The fraction of sp³-hybridized carbons (Fsp3) is 0.0769. The van der Waals surface area contributed by atoms with E-state index in [1.54, 1.807) is 6.07 Å². The van der Waals surface area contributed by atoms with E-state index < -0.39 is 4.92 Å². The van der Waals surface area contributed by atoms with Crippen LogP contribution in [0.3, 0.4) is 0 Å². The number of nitro groups is 1. The first-order valence-electron chi connectivity index (χ1n) is 5.35. The van der Waals surface area contributed by atoms with Gasteiger partial charge in [0, 0.05) is 12.1 Å². The maximum atomic E-state index is 10.6. The Bertz CT molecular complexity index is 646. The van der Waals surface area contributed by atoms with E-state index in [1.807, 2.05) is 19.1 Å². The lowest BCUT2D eigenvalue weighted by Gasteiger charge is -2.09. The van der Waals surface area contributed by atoms with Gasteiger partial charge in [-0.15, -0.1) is 0 Å². The summed E-state index contributed by atoms with van der Waals surface area (Å²) in [6.07, 6.45) is 0. The zero-order valence-electron chi connectivity index (χ0n) is 9.89. The molecule has 0 aromatic heterocycles. The highest BCUT2D eigenvalue weighted by Crippen LogP contribution is 2.35. The van der Waals surface area contributed by atoms with Crippen LogP contribution in [-0.4, -0.2) is 4.92 Å². The summed E-state index contributed by atoms with van der Waals surface area (Å²) in [5.74, 6) is 0.971. The summed E-state index contributed by atoms with van der Waals surface area (Å²) in [7, 11) is 0. The second-order valence-electron chi connectivity index (χ2n) is 3.91. The van der Waals surface area contributed by atoms with Crippen molar-refractivity contribution in [3.63, 3.8) is 0 Å². The van der Waals surface area contributed by atoms with E-state index in [-0.39, 0.29) is 10.7 Å². The Hall–Kier alpha value is -1.59.